The lowest BCUT2D eigenvalue weighted by molar-refractivity contribution is -0.728. The molecule has 0 fully saturated rings. The number of aromatic nitrogens is 3. The van der Waals surface area contributed by atoms with Crippen molar-refractivity contribution >= 4 is 48.1 Å². The average molecular weight is 545 g/mol. The molecule has 0 saturated heterocycles. The van der Waals surface area contributed by atoms with Crippen LogP contribution in [0.25, 0.3) is 11.0 Å². The largest absolute Gasteiger partial charge is 0.198 e. The molecule has 0 N–H and O–H groups in total. The van der Waals surface area contributed by atoms with Gasteiger partial charge in [0.05, 0.1) is 5.21 Å². The van der Waals surface area contributed by atoms with E-state index in [1.165, 1.54) is 32.3 Å². The summed E-state index contributed by atoms with van der Waals surface area (Å²) >= 11 is 0. The van der Waals surface area contributed by atoms with Gasteiger partial charge in [0.2, 0.25) is 0 Å². The number of aryl methyl sites for hydroxylation is 2. The number of hydrogen-bond donors (Lipinski definition) is 0. The first-order valence-corrected chi connectivity index (χ1v) is 16.5. The summed E-state index contributed by atoms with van der Waals surface area (Å²) in [6, 6.07) is 52.5. The number of benzene rings is 5. The standard InChI is InChI=1S/C34H32N3P2/c1-5-15-29(16-6-1)38(30-17-7-2-8-18-30)27-25-36-33-23-13-14-24-34(33)37(35-36)26-28-39(31-19-9-3-10-20-31)32-21-11-4-12-22-32/h1-24H,25-28H2/q+1. The summed E-state index contributed by atoms with van der Waals surface area (Å²) in [5, 5.41) is 10.8. The van der Waals surface area contributed by atoms with Crippen LogP contribution in [0.1, 0.15) is 0 Å². The Labute approximate surface area is 233 Å². The third-order valence-corrected chi connectivity index (χ3v) is 12.0. The van der Waals surface area contributed by atoms with E-state index in [9.17, 15) is 0 Å². The van der Waals surface area contributed by atoms with Crippen LogP contribution in [-0.4, -0.2) is 22.2 Å². The van der Waals surface area contributed by atoms with Crippen molar-refractivity contribution in [3.05, 3.63) is 146 Å². The average Bonchev–Trinajstić information content (AvgIpc) is 3.37. The molecule has 0 unspecified atom stereocenters. The van der Waals surface area contributed by atoms with Gasteiger partial charge in [-0.2, -0.15) is 0 Å². The van der Waals surface area contributed by atoms with Crippen LogP contribution >= 0.6 is 15.8 Å². The summed E-state index contributed by atoms with van der Waals surface area (Å²) in [6.07, 6.45) is 2.10. The first-order valence-electron chi connectivity index (χ1n) is 13.5. The van der Waals surface area contributed by atoms with E-state index in [-0.39, 0.29) is 0 Å². The second kappa shape index (κ2) is 12.5. The maximum atomic E-state index is 5.16. The highest BCUT2D eigenvalue weighted by Gasteiger charge is 2.22. The highest BCUT2D eigenvalue weighted by molar-refractivity contribution is 7.73. The zero-order chi connectivity index (χ0) is 26.3. The van der Waals surface area contributed by atoms with Crippen LogP contribution in [0.5, 0.6) is 0 Å². The summed E-state index contributed by atoms with van der Waals surface area (Å²) < 4.78 is 4.45. The summed E-state index contributed by atoms with van der Waals surface area (Å²) in [6.45, 7) is 1.77. The summed E-state index contributed by atoms with van der Waals surface area (Å²) in [5.41, 5.74) is 2.41. The molecular weight excluding hydrogens is 512 g/mol. The fraction of sp³-hybridized carbons (Fsp3) is 0.118. The molecule has 6 aromatic rings. The first kappa shape index (κ1) is 25.6. The van der Waals surface area contributed by atoms with Gasteiger partial charge in [0, 0.05) is 12.3 Å². The smallest absolute Gasteiger partial charge is 0.129 e. The van der Waals surface area contributed by atoms with E-state index in [2.05, 4.69) is 155 Å². The zero-order valence-corrected chi connectivity index (χ0v) is 23.7. The van der Waals surface area contributed by atoms with E-state index in [0.717, 1.165) is 25.4 Å². The maximum absolute atomic E-state index is 5.16. The summed E-state index contributed by atoms with van der Waals surface area (Å²) in [7, 11) is -0.933. The summed E-state index contributed by atoms with van der Waals surface area (Å²) in [4.78, 5) is 0. The van der Waals surface area contributed by atoms with E-state index in [1.807, 2.05) is 0 Å². The highest BCUT2D eigenvalue weighted by atomic mass is 31.1. The summed E-state index contributed by atoms with van der Waals surface area (Å²) in [5.74, 6) is 0. The molecule has 1 heterocycles. The minimum atomic E-state index is -0.466. The number of rotatable bonds is 10. The minimum absolute atomic E-state index is 0.466. The van der Waals surface area contributed by atoms with Crippen LogP contribution in [-0.2, 0) is 13.1 Å². The fourth-order valence-electron chi connectivity index (χ4n) is 5.09. The lowest BCUT2D eigenvalue weighted by atomic mass is 10.3. The Hall–Kier alpha value is -3.64. The first-order chi connectivity index (χ1) is 19.4. The monoisotopic (exact) mass is 544 g/mol. The van der Waals surface area contributed by atoms with E-state index in [1.54, 1.807) is 0 Å². The van der Waals surface area contributed by atoms with Crippen molar-refractivity contribution in [2.24, 2.45) is 0 Å². The molecule has 3 nitrogen and oxygen atoms in total. The van der Waals surface area contributed by atoms with Gasteiger partial charge in [0.25, 0.3) is 0 Å². The predicted octanol–water partition coefficient (Wildman–Crippen LogP) is 5.59. The van der Waals surface area contributed by atoms with Crippen molar-refractivity contribution in [3.63, 3.8) is 0 Å². The Morgan fingerprint density at radius 1 is 0.487 bits per heavy atom. The van der Waals surface area contributed by atoms with Gasteiger partial charge in [-0.05, 0) is 49.2 Å². The van der Waals surface area contributed by atoms with Crippen molar-refractivity contribution in [1.82, 2.24) is 9.90 Å². The number of fused-ring (bicyclic) bond motifs is 1. The molecule has 0 bridgehead atoms. The molecule has 5 heteroatoms. The second-order valence-corrected chi connectivity index (χ2v) is 14.1. The Balaban J connectivity index is 1.27. The predicted molar refractivity (Wildman–Crippen MR) is 168 cm³/mol. The maximum Gasteiger partial charge on any atom is 0.198 e. The third-order valence-electron chi connectivity index (χ3n) is 7.00. The molecule has 0 aliphatic rings. The Morgan fingerprint density at radius 2 is 0.897 bits per heavy atom. The van der Waals surface area contributed by atoms with Gasteiger partial charge in [-0.15, -0.1) is 9.36 Å². The van der Waals surface area contributed by atoms with E-state index in [0.29, 0.717) is 0 Å². The highest BCUT2D eigenvalue weighted by Crippen LogP contribution is 2.34. The van der Waals surface area contributed by atoms with Gasteiger partial charge < -0.3 is 0 Å². The van der Waals surface area contributed by atoms with Gasteiger partial charge in [-0.1, -0.05) is 133 Å². The Morgan fingerprint density at radius 3 is 1.38 bits per heavy atom. The van der Waals surface area contributed by atoms with Crippen molar-refractivity contribution in [2.75, 3.05) is 12.3 Å². The van der Waals surface area contributed by atoms with Crippen LogP contribution in [0, 0.1) is 0 Å². The van der Waals surface area contributed by atoms with Crippen molar-refractivity contribution in [3.8, 4) is 0 Å². The van der Waals surface area contributed by atoms with Gasteiger partial charge in [0.1, 0.15) is 13.1 Å². The van der Waals surface area contributed by atoms with Gasteiger partial charge in [-0.25, -0.2) is 0 Å². The van der Waals surface area contributed by atoms with E-state index >= 15 is 0 Å². The quantitative estimate of drug-likeness (QED) is 0.163. The van der Waals surface area contributed by atoms with Crippen LogP contribution in [0.15, 0.2) is 146 Å². The molecular formula is C34H32N3P2+. The van der Waals surface area contributed by atoms with Crippen LogP contribution in [0.3, 0.4) is 0 Å². The minimum Gasteiger partial charge on any atom is -0.129 e. The number of hydrogen-bond acceptors (Lipinski definition) is 1. The Kier molecular flexibility index (Phi) is 8.20. The Bertz CT molecular complexity index is 1400. The van der Waals surface area contributed by atoms with Crippen molar-refractivity contribution in [2.45, 2.75) is 13.1 Å². The molecule has 0 spiro atoms. The molecule has 1 aromatic heterocycles. The van der Waals surface area contributed by atoms with E-state index in [4.69, 9.17) is 5.21 Å². The molecule has 39 heavy (non-hydrogen) atoms. The molecule has 0 aliphatic carbocycles. The SMILES string of the molecule is c1ccc(P(CCn2n[n+](CCP(c3ccccc3)c3ccccc3)c3ccccc32)c2ccccc2)cc1. The molecule has 5 aromatic carbocycles. The third kappa shape index (κ3) is 6.01. The van der Waals surface area contributed by atoms with Crippen LogP contribution < -0.4 is 25.9 Å². The number of para-hydroxylation sites is 2. The second-order valence-electron chi connectivity index (χ2n) is 9.47. The van der Waals surface area contributed by atoms with Gasteiger partial charge in [-0.3, -0.25) is 0 Å². The topological polar surface area (TPSA) is 21.7 Å². The normalized spacial score (nSPS) is 11.4. The molecule has 0 aliphatic heterocycles. The molecule has 192 valence electrons. The fourth-order valence-corrected chi connectivity index (χ4v) is 9.63. The van der Waals surface area contributed by atoms with Crippen molar-refractivity contribution < 1.29 is 4.68 Å². The van der Waals surface area contributed by atoms with E-state index < -0.39 is 15.8 Å². The number of nitrogens with zero attached hydrogens (tertiary/aromatic N) is 3. The lowest BCUT2D eigenvalue weighted by Crippen LogP contribution is -2.39. The van der Waals surface area contributed by atoms with Crippen LogP contribution in [0.2, 0.25) is 0 Å². The lowest BCUT2D eigenvalue weighted by Gasteiger charge is -2.17. The van der Waals surface area contributed by atoms with Crippen molar-refractivity contribution in [1.29, 1.82) is 0 Å². The van der Waals surface area contributed by atoms with Gasteiger partial charge >= 0.3 is 0 Å². The zero-order valence-electron chi connectivity index (χ0n) is 21.9. The molecule has 0 amide bonds. The molecule has 0 saturated carbocycles. The molecule has 0 radical (unpaired) electrons. The van der Waals surface area contributed by atoms with Gasteiger partial charge in [0.15, 0.2) is 11.0 Å². The van der Waals surface area contributed by atoms with Crippen LogP contribution in [0.4, 0.5) is 0 Å². The molecule has 0 atom stereocenters. The molecule has 6 rings (SSSR count).